The number of carbonyl (C=O) groups is 2. The van der Waals surface area contributed by atoms with Gasteiger partial charge in [0.2, 0.25) is 0 Å². The van der Waals surface area contributed by atoms with E-state index in [-0.39, 0.29) is 12.4 Å². The van der Waals surface area contributed by atoms with Crippen LogP contribution in [0.5, 0.6) is 0 Å². The number of benzene rings is 2. The molecule has 0 spiro atoms. The summed E-state index contributed by atoms with van der Waals surface area (Å²) < 4.78 is 10.5. The van der Waals surface area contributed by atoms with E-state index in [0.29, 0.717) is 36.4 Å². The molecule has 5 nitrogen and oxygen atoms in total. The van der Waals surface area contributed by atoms with Crippen molar-refractivity contribution in [2.45, 2.75) is 13.5 Å². The number of esters is 1. The second kappa shape index (κ2) is 8.74. The molecule has 0 aliphatic carbocycles. The second-order valence-corrected chi connectivity index (χ2v) is 6.14. The molecule has 1 fully saturated rings. The van der Waals surface area contributed by atoms with Gasteiger partial charge in [-0.05, 0) is 18.6 Å². The molecular weight excluding hydrogens is 330 g/mol. The molecule has 136 valence electrons. The van der Waals surface area contributed by atoms with Crippen molar-refractivity contribution in [1.82, 2.24) is 4.90 Å². The van der Waals surface area contributed by atoms with Crippen molar-refractivity contribution in [2.24, 2.45) is 0 Å². The van der Waals surface area contributed by atoms with E-state index in [2.05, 4.69) is 4.90 Å². The SMILES string of the molecule is CCOC(=O)c1ccccc1C(=O)c1ccccc1CN1CCOCC1. The van der Waals surface area contributed by atoms with Crippen molar-refractivity contribution >= 4 is 11.8 Å². The van der Waals surface area contributed by atoms with Crippen LogP contribution in [0, 0.1) is 0 Å². The molecule has 1 saturated heterocycles. The number of nitrogens with zero attached hydrogens (tertiary/aromatic N) is 1. The zero-order chi connectivity index (χ0) is 18.4. The largest absolute Gasteiger partial charge is 0.462 e. The molecule has 0 amide bonds. The molecule has 2 aromatic carbocycles. The highest BCUT2D eigenvalue weighted by molar-refractivity contribution is 6.15. The van der Waals surface area contributed by atoms with E-state index in [4.69, 9.17) is 9.47 Å². The summed E-state index contributed by atoms with van der Waals surface area (Å²) in [6, 6.07) is 14.4. The molecule has 5 heteroatoms. The molecule has 2 aromatic rings. The van der Waals surface area contributed by atoms with Crippen LogP contribution in [0.3, 0.4) is 0 Å². The Bertz CT molecular complexity index is 781. The standard InChI is InChI=1S/C21H23NO4/c1-2-26-21(24)19-10-6-5-9-18(19)20(23)17-8-4-3-7-16(17)15-22-11-13-25-14-12-22/h3-10H,2,11-15H2,1H3. The normalized spacial score (nSPS) is 14.8. The summed E-state index contributed by atoms with van der Waals surface area (Å²) in [5.41, 5.74) is 2.26. The van der Waals surface area contributed by atoms with E-state index in [1.807, 2.05) is 24.3 Å². The molecule has 0 bridgehead atoms. The number of rotatable bonds is 6. The number of hydrogen-bond donors (Lipinski definition) is 0. The highest BCUT2D eigenvalue weighted by Gasteiger charge is 2.21. The summed E-state index contributed by atoms with van der Waals surface area (Å²) in [7, 11) is 0. The third-order valence-electron chi connectivity index (χ3n) is 4.43. The molecule has 0 aromatic heterocycles. The Kier molecular flexibility index (Phi) is 6.15. The first-order valence-electron chi connectivity index (χ1n) is 8.89. The molecule has 0 radical (unpaired) electrons. The maximum absolute atomic E-state index is 13.2. The van der Waals surface area contributed by atoms with E-state index in [0.717, 1.165) is 18.7 Å². The predicted molar refractivity (Wildman–Crippen MR) is 98.4 cm³/mol. The van der Waals surface area contributed by atoms with Gasteiger partial charge in [-0.1, -0.05) is 42.5 Å². The molecule has 1 aliphatic rings. The van der Waals surface area contributed by atoms with Gasteiger partial charge in [-0.25, -0.2) is 4.79 Å². The van der Waals surface area contributed by atoms with Gasteiger partial charge in [-0.3, -0.25) is 9.69 Å². The minimum atomic E-state index is -0.470. The van der Waals surface area contributed by atoms with Crippen LogP contribution in [0.4, 0.5) is 0 Å². The van der Waals surface area contributed by atoms with Gasteiger partial charge in [0, 0.05) is 30.8 Å². The van der Waals surface area contributed by atoms with Gasteiger partial charge in [0.25, 0.3) is 0 Å². The van der Waals surface area contributed by atoms with Gasteiger partial charge in [-0.2, -0.15) is 0 Å². The Morgan fingerprint density at radius 2 is 1.58 bits per heavy atom. The number of hydrogen-bond acceptors (Lipinski definition) is 5. The molecule has 1 heterocycles. The van der Waals surface area contributed by atoms with E-state index in [9.17, 15) is 9.59 Å². The fraction of sp³-hybridized carbons (Fsp3) is 0.333. The van der Waals surface area contributed by atoms with Crippen LogP contribution < -0.4 is 0 Å². The van der Waals surface area contributed by atoms with Crippen molar-refractivity contribution in [2.75, 3.05) is 32.9 Å². The first-order chi connectivity index (χ1) is 12.7. The Hall–Kier alpha value is -2.50. The molecule has 0 saturated carbocycles. The van der Waals surface area contributed by atoms with Gasteiger partial charge >= 0.3 is 5.97 Å². The Balaban J connectivity index is 1.90. The summed E-state index contributed by atoms with van der Waals surface area (Å²) >= 11 is 0. The number of carbonyl (C=O) groups excluding carboxylic acids is 2. The van der Waals surface area contributed by atoms with E-state index in [1.165, 1.54) is 0 Å². The summed E-state index contributed by atoms with van der Waals surface area (Å²) in [6.07, 6.45) is 0. The van der Waals surface area contributed by atoms with Crippen LogP contribution in [-0.4, -0.2) is 49.6 Å². The molecule has 26 heavy (non-hydrogen) atoms. The molecule has 3 rings (SSSR count). The quantitative estimate of drug-likeness (QED) is 0.590. The van der Waals surface area contributed by atoms with Crippen LogP contribution in [0.1, 0.15) is 38.8 Å². The van der Waals surface area contributed by atoms with Gasteiger partial charge < -0.3 is 9.47 Å². The lowest BCUT2D eigenvalue weighted by molar-refractivity contribution is 0.0341. The predicted octanol–water partition coefficient (Wildman–Crippen LogP) is 2.93. The zero-order valence-corrected chi connectivity index (χ0v) is 14.9. The zero-order valence-electron chi connectivity index (χ0n) is 14.9. The van der Waals surface area contributed by atoms with Crippen LogP contribution in [0.2, 0.25) is 0 Å². The van der Waals surface area contributed by atoms with Crippen LogP contribution >= 0.6 is 0 Å². The lowest BCUT2D eigenvalue weighted by Gasteiger charge is -2.27. The van der Waals surface area contributed by atoms with Crippen LogP contribution in [-0.2, 0) is 16.0 Å². The lowest BCUT2D eigenvalue weighted by Crippen LogP contribution is -2.36. The Morgan fingerprint density at radius 3 is 2.27 bits per heavy atom. The van der Waals surface area contributed by atoms with Crippen molar-refractivity contribution in [3.63, 3.8) is 0 Å². The van der Waals surface area contributed by atoms with E-state index in [1.54, 1.807) is 31.2 Å². The molecule has 0 N–H and O–H groups in total. The van der Waals surface area contributed by atoms with Gasteiger partial charge in [-0.15, -0.1) is 0 Å². The fourth-order valence-electron chi connectivity index (χ4n) is 3.09. The number of ether oxygens (including phenoxy) is 2. The highest BCUT2D eigenvalue weighted by atomic mass is 16.5. The average molecular weight is 353 g/mol. The van der Waals surface area contributed by atoms with Crippen molar-refractivity contribution < 1.29 is 19.1 Å². The monoisotopic (exact) mass is 353 g/mol. The summed E-state index contributed by atoms with van der Waals surface area (Å²) in [4.78, 5) is 27.7. The van der Waals surface area contributed by atoms with Gasteiger partial charge in [0.05, 0.1) is 25.4 Å². The average Bonchev–Trinajstić information content (AvgIpc) is 2.69. The van der Waals surface area contributed by atoms with Crippen molar-refractivity contribution in [1.29, 1.82) is 0 Å². The van der Waals surface area contributed by atoms with Crippen LogP contribution in [0.25, 0.3) is 0 Å². The minimum absolute atomic E-state index is 0.155. The molecule has 0 unspecified atom stereocenters. The second-order valence-electron chi connectivity index (χ2n) is 6.14. The van der Waals surface area contributed by atoms with Gasteiger partial charge in [0.15, 0.2) is 5.78 Å². The number of morpholine rings is 1. The van der Waals surface area contributed by atoms with Gasteiger partial charge in [0.1, 0.15) is 0 Å². The lowest BCUT2D eigenvalue weighted by atomic mass is 9.94. The molecule has 0 atom stereocenters. The van der Waals surface area contributed by atoms with Crippen LogP contribution in [0.15, 0.2) is 48.5 Å². The molecule has 1 aliphatic heterocycles. The highest BCUT2D eigenvalue weighted by Crippen LogP contribution is 2.20. The van der Waals surface area contributed by atoms with E-state index >= 15 is 0 Å². The first kappa shape index (κ1) is 18.3. The number of ketones is 1. The third-order valence-corrected chi connectivity index (χ3v) is 4.43. The van der Waals surface area contributed by atoms with Crippen molar-refractivity contribution in [3.05, 3.63) is 70.8 Å². The minimum Gasteiger partial charge on any atom is -0.462 e. The van der Waals surface area contributed by atoms with Crippen molar-refractivity contribution in [3.8, 4) is 0 Å². The maximum atomic E-state index is 13.2. The summed E-state index contributed by atoms with van der Waals surface area (Å²) in [5, 5.41) is 0. The Labute approximate surface area is 153 Å². The smallest absolute Gasteiger partial charge is 0.338 e. The summed E-state index contributed by atoms with van der Waals surface area (Å²) in [5.74, 6) is -0.625. The maximum Gasteiger partial charge on any atom is 0.338 e. The molecular formula is C21H23NO4. The topological polar surface area (TPSA) is 55.8 Å². The Morgan fingerprint density at radius 1 is 0.962 bits per heavy atom. The third kappa shape index (κ3) is 4.18. The fourth-order valence-corrected chi connectivity index (χ4v) is 3.09. The first-order valence-corrected chi connectivity index (χ1v) is 8.89. The summed E-state index contributed by atoms with van der Waals surface area (Å²) in [6.45, 7) is 5.83. The van der Waals surface area contributed by atoms with E-state index < -0.39 is 5.97 Å².